The second kappa shape index (κ2) is 5.42. The second-order valence-corrected chi connectivity index (χ2v) is 5.03. The van der Waals surface area contributed by atoms with Gasteiger partial charge in [-0.05, 0) is 17.7 Å². The molecule has 0 radical (unpaired) electrons. The summed E-state index contributed by atoms with van der Waals surface area (Å²) in [6.07, 6.45) is 3.45. The molecule has 0 aliphatic heterocycles. The standard InChI is InChI=1S/C14H10BrN3O2/c15-11-4-2-1-3-9(11)7-13-17-14(20-18-13)10-5-6-16-8-12(10)19/h1-6,8,19H,7H2. The van der Waals surface area contributed by atoms with Gasteiger partial charge in [0.2, 0.25) is 0 Å². The lowest BCUT2D eigenvalue weighted by Gasteiger charge is -1.99. The number of benzene rings is 1. The van der Waals surface area contributed by atoms with Crippen LogP contribution in [0.25, 0.3) is 11.5 Å². The number of nitrogens with zero attached hydrogens (tertiary/aromatic N) is 3. The lowest BCUT2D eigenvalue weighted by atomic mass is 10.1. The van der Waals surface area contributed by atoms with E-state index in [0.717, 1.165) is 10.0 Å². The van der Waals surface area contributed by atoms with Gasteiger partial charge < -0.3 is 9.63 Å². The van der Waals surface area contributed by atoms with E-state index in [-0.39, 0.29) is 11.6 Å². The summed E-state index contributed by atoms with van der Waals surface area (Å²) in [5.41, 5.74) is 1.55. The molecule has 100 valence electrons. The molecule has 1 aromatic carbocycles. The number of rotatable bonds is 3. The Morgan fingerprint density at radius 1 is 1.20 bits per heavy atom. The van der Waals surface area contributed by atoms with Crippen LogP contribution in [0.3, 0.4) is 0 Å². The Bertz CT molecular complexity index is 743. The molecule has 5 nitrogen and oxygen atoms in total. The molecule has 0 aliphatic carbocycles. The summed E-state index contributed by atoms with van der Waals surface area (Å²) in [7, 11) is 0. The van der Waals surface area contributed by atoms with Crippen LogP contribution in [0.5, 0.6) is 5.75 Å². The van der Waals surface area contributed by atoms with Gasteiger partial charge in [-0.15, -0.1) is 0 Å². The van der Waals surface area contributed by atoms with Crippen molar-refractivity contribution >= 4 is 15.9 Å². The average molecular weight is 332 g/mol. The zero-order chi connectivity index (χ0) is 13.9. The minimum absolute atomic E-state index is 0.0172. The van der Waals surface area contributed by atoms with Crippen LogP contribution in [0.4, 0.5) is 0 Å². The van der Waals surface area contributed by atoms with Crippen molar-refractivity contribution in [2.45, 2.75) is 6.42 Å². The van der Waals surface area contributed by atoms with Gasteiger partial charge in [0.1, 0.15) is 5.75 Å². The quantitative estimate of drug-likeness (QED) is 0.797. The first-order chi connectivity index (χ1) is 9.74. The fourth-order valence-corrected chi connectivity index (χ4v) is 2.24. The first kappa shape index (κ1) is 12.8. The first-order valence-electron chi connectivity index (χ1n) is 5.93. The highest BCUT2D eigenvalue weighted by Gasteiger charge is 2.13. The van der Waals surface area contributed by atoms with Gasteiger partial charge in [-0.3, -0.25) is 4.98 Å². The van der Waals surface area contributed by atoms with Gasteiger partial charge >= 0.3 is 0 Å². The maximum atomic E-state index is 9.71. The molecule has 0 saturated heterocycles. The molecule has 3 aromatic rings. The molecule has 2 heterocycles. The fourth-order valence-electron chi connectivity index (χ4n) is 1.81. The molecule has 0 aliphatic rings. The molecule has 2 aromatic heterocycles. The molecule has 0 spiro atoms. The summed E-state index contributed by atoms with van der Waals surface area (Å²) in [5.74, 6) is 0.860. The average Bonchev–Trinajstić information content (AvgIpc) is 2.90. The van der Waals surface area contributed by atoms with Gasteiger partial charge in [0.05, 0.1) is 11.8 Å². The molecule has 0 atom stereocenters. The highest BCUT2D eigenvalue weighted by atomic mass is 79.9. The first-order valence-corrected chi connectivity index (χ1v) is 6.72. The molecule has 0 fully saturated rings. The van der Waals surface area contributed by atoms with Gasteiger partial charge in [0.25, 0.3) is 5.89 Å². The van der Waals surface area contributed by atoms with E-state index in [9.17, 15) is 5.11 Å². The van der Waals surface area contributed by atoms with Crippen LogP contribution in [0.1, 0.15) is 11.4 Å². The summed E-state index contributed by atoms with van der Waals surface area (Å²) < 4.78 is 6.18. The monoisotopic (exact) mass is 331 g/mol. The van der Waals surface area contributed by atoms with Crippen LogP contribution < -0.4 is 0 Å². The maximum absolute atomic E-state index is 9.71. The van der Waals surface area contributed by atoms with Crippen molar-refractivity contribution in [3.8, 4) is 17.2 Å². The van der Waals surface area contributed by atoms with E-state index in [1.165, 1.54) is 6.20 Å². The molecular weight excluding hydrogens is 322 g/mol. The summed E-state index contributed by atoms with van der Waals surface area (Å²) in [5, 5.41) is 13.6. The van der Waals surface area contributed by atoms with Crippen molar-refractivity contribution in [2.24, 2.45) is 0 Å². The molecule has 0 saturated carbocycles. The SMILES string of the molecule is Oc1cnccc1-c1nc(Cc2ccccc2Br)no1. The normalized spacial score (nSPS) is 10.7. The lowest BCUT2D eigenvalue weighted by molar-refractivity contribution is 0.418. The molecule has 6 heteroatoms. The van der Waals surface area contributed by atoms with Crippen LogP contribution in [-0.4, -0.2) is 20.2 Å². The number of hydrogen-bond acceptors (Lipinski definition) is 5. The Balaban J connectivity index is 1.88. The Morgan fingerprint density at radius 3 is 2.85 bits per heavy atom. The molecular formula is C14H10BrN3O2. The number of aromatic nitrogens is 3. The zero-order valence-corrected chi connectivity index (χ0v) is 11.9. The van der Waals surface area contributed by atoms with Crippen molar-refractivity contribution in [3.05, 3.63) is 58.6 Å². The third-order valence-electron chi connectivity index (χ3n) is 2.80. The highest BCUT2D eigenvalue weighted by molar-refractivity contribution is 9.10. The second-order valence-electron chi connectivity index (χ2n) is 4.18. The van der Waals surface area contributed by atoms with E-state index in [2.05, 4.69) is 31.1 Å². The largest absolute Gasteiger partial charge is 0.505 e. The molecule has 20 heavy (non-hydrogen) atoms. The van der Waals surface area contributed by atoms with Crippen LogP contribution in [0.15, 0.2) is 51.7 Å². The van der Waals surface area contributed by atoms with E-state index in [1.807, 2.05) is 24.3 Å². The van der Waals surface area contributed by atoms with Crippen molar-refractivity contribution in [1.29, 1.82) is 0 Å². The lowest BCUT2D eigenvalue weighted by Crippen LogP contribution is -1.91. The highest BCUT2D eigenvalue weighted by Crippen LogP contribution is 2.26. The summed E-state index contributed by atoms with van der Waals surface area (Å²) >= 11 is 3.48. The predicted octanol–water partition coefficient (Wildman–Crippen LogP) is 3.19. The Kier molecular flexibility index (Phi) is 3.47. The topological polar surface area (TPSA) is 72.0 Å². The third kappa shape index (κ3) is 2.55. The smallest absolute Gasteiger partial charge is 0.261 e. The van der Waals surface area contributed by atoms with E-state index in [4.69, 9.17) is 4.52 Å². The number of aromatic hydroxyl groups is 1. The summed E-state index contributed by atoms with van der Waals surface area (Å²) in [6.45, 7) is 0. The number of pyridine rings is 1. The van der Waals surface area contributed by atoms with E-state index >= 15 is 0 Å². The molecule has 0 bridgehead atoms. The van der Waals surface area contributed by atoms with Crippen molar-refractivity contribution < 1.29 is 9.63 Å². The van der Waals surface area contributed by atoms with Gasteiger partial charge in [0.15, 0.2) is 5.82 Å². The van der Waals surface area contributed by atoms with Crippen molar-refractivity contribution in [1.82, 2.24) is 15.1 Å². The molecule has 1 N–H and O–H groups in total. The van der Waals surface area contributed by atoms with E-state index < -0.39 is 0 Å². The molecule has 3 rings (SSSR count). The van der Waals surface area contributed by atoms with Crippen LogP contribution in [0.2, 0.25) is 0 Å². The minimum atomic E-state index is 0.0172. The van der Waals surface area contributed by atoms with Gasteiger partial charge in [-0.25, -0.2) is 0 Å². The Morgan fingerprint density at radius 2 is 2.05 bits per heavy atom. The van der Waals surface area contributed by atoms with Gasteiger partial charge in [-0.2, -0.15) is 4.98 Å². The van der Waals surface area contributed by atoms with Gasteiger partial charge in [0, 0.05) is 17.1 Å². The van der Waals surface area contributed by atoms with Crippen molar-refractivity contribution in [2.75, 3.05) is 0 Å². The minimum Gasteiger partial charge on any atom is -0.505 e. The Labute approximate surface area is 123 Å². The summed E-state index contributed by atoms with van der Waals surface area (Å²) in [4.78, 5) is 8.10. The van der Waals surface area contributed by atoms with Crippen LogP contribution in [-0.2, 0) is 6.42 Å². The summed E-state index contributed by atoms with van der Waals surface area (Å²) in [6, 6.07) is 9.49. The Hall–Kier alpha value is -2.21. The zero-order valence-electron chi connectivity index (χ0n) is 10.3. The van der Waals surface area contributed by atoms with Gasteiger partial charge in [-0.1, -0.05) is 39.3 Å². The maximum Gasteiger partial charge on any atom is 0.261 e. The molecule has 0 unspecified atom stereocenters. The van der Waals surface area contributed by atoms with Crippen LogP contribution in [0, 0.1) is 0 Å². The third-order valence-corrected chi connectivity index (χ3v) is 3.58. The van der Waals surface area contributed by atoms with Crippen LogP contribution >= 0.6 is 15.9 Å². The van der Waals surface area contributed by atoms with E-state index in [0.29, 0.717) is 17.8 Å². The molecule has 0 amide bonds. The predicted molar refractivity (Wildman–Crippen MR) is 76.1 cm³/mol. The van der Waals surface area contributed by atoms with E-state index in [1.54, 1.807) is 12.3 Å². The number of halogens is 1. The fraction of sp³-hybridized carbons (Fsp3) is 0.0714. The van der Waals surface area contributed by atoms with Crippen molar-refractivity contribution in [3.63, 3.8) is 0 Å². The number of hydrogen-bond donors (Lipinski definition) is 1.